The highest BCUT2D eigenvalue weighted by atomic mass is 16.6. The van der Waals surface area contributed by atoms with Gasteiger partial charge in [-0.2, -0.15) is 0 Å². The van der Waals surface area contributed by atoms with Gasteiger partial charge in [-0.15, -0.1) is 0 Å². The highest BCUT2D eigenvalue weighted by molar-refractivity contribution is 5.68. The predicted octanol–water partition coefficient (Wildman–Crippen LogP) is 2.00. The molecule has 106 valence electrons. The van der Waals surface area contributed by atoms with Crippen LogP contribution in [0.1, 0.15) is 45.4 Å². The van der Waals surface area contributed by atoms with E-state index in [1.165, 1.54) is 13.3 Å². The predicted molar refractivity (Wildman–Crippen MR) is 67.5 cm³/mol. The average Bonchev–Trinajstić information content (AvgIpc) is 2.24. The van der Waals surface area contributed by atoms with Crippen molar-refractivity contribution in [3.8, 4) is 0 Å². The van der Waals surface area contributed by atoms with Crippen LogP contribution < -0.4 is 5.32 Å². The Bertz CT molecular complexity index is 406. The number of carbonyl (C=O) groups is 2. The number of amides is 1. The number of nitrogens with one attached hydrogen (secondary N) is 1. The third kappa shape index (κ3) is 2.19. The lowest BCUT2D eigenvalue weighted by Gasteiger charge is -2.60. The summed E-state index contributed by atoms with van der Waals surface area (Å²) in [5, 5.41) is 2.52. The molecule has 0 aliphatic heterocycles. The number of esters is 1. The number of hydrogen-bond acceptors (Lipinski definition) is 4. The molecule has 4 aliphatic rings. The molecule has 0 radical (unpaired) electrons. The first-order chi connectivity index (χ1) is 8.94. The zero-order valence-electron chi connectivity index (χ0n) is 11.5. The normalized spacial score (nSPS) is 42.8. The molecular weight excluding hydrogens is 246 g/mol. The van der Waals surface area contributed by atoms with Crippen molar-refractivity contribution in [2.24, 2.45) is 11.8 Å². The lowest BCUT2D eigenvalue weighted by molar-refractivity contribution is -0.217. The van der Waals surface area contributed by atoms with Crippen LogP contribution in [-0.4, -0.2) is 30.3 Å². The van der Waals surface area contributed by atoms with E-state index in [2.05, 4.69) is 5.32 Å². The van der Waals surface area contributed by atoms with Gasteiger partial charge in [-0.25, -0.2) is 4.79 Å². The molecule has 4 rings (SSSR count). The smallest absolute Gasteiger partial charge is 0.407 e. The Morgan fingerprint density at radius 2 is 1.58 bits per heavy atom. The lowest BCUT2D eigenvalue weighted by Crippen LogP contribution is -2.62. The maximum atomic E-state index is 11.6. The van der Waals surface area contributed by atoms with Crippen molar-refractivity contribution in [3.05, 3.63) is 0 Å². The molecule has 4 fully saturated rings. The summed E-state index contributed by atoms with van der Waals surface area (Å²) in [5.41, 5.74) is -0.802. The third-order valence-corrected chi connectivity index (χ3v) is 4.83. The average molecular weight is 267 g/mol. The van der Waals surface area contributed by atoms with Gasteiger partial charge in [-0.05, 0) is 43.9 Å². The van der Waals surface area contributed by atoms with Crippen LogP contribution in [0.15, 0.2) is 0 Å². The molecule has 0 heterocycles. The Morgan fingerprint density at radius 3 is 2.05 bits per heavy atom. The van der Waals surface area contributed by atoms with Gasteiger partial charge in [0.15, 0.2) is 0 Å². The van der Waals surface area contributed by atoms with Crippen LogP contribution in [0, 0.1) is 11.8 Å². The monoisotopic (exact) mass is 267 g/mol. The molecule has 2 unspecified atom stereocenters. The van der Waals surface area contributed by atoms with Gasteiger partial charge in [0.05, 0.1) is 0 Å². The quantitative estimate of drug-likeness (QED) is 0.777. The van der Waals surface area contributed by atoms with E-state index in [0.29, 0.717) is 18.3 Å². The summed E-state index contributed by atoms with van der Waals surface area (Å²) >= 11 is 0. The zero-order valence-corrected chi connectivity index (χ0v) is 11.5. The summed E-state index contributed by atoms with van der Waals surface area (Å²) in [7, 11) is 1.57. The van der Waals surface area contributed by atoms with Gasteiger partial charge in [0.1, 0.15) is 11.2 Å². The molecule has 1 amide bonds. The number of carbonyl (C=O) groups excluding carboxylic acids is 2. The van der Waals surface area contributed by atoms with Gasteiger partial charge in [0.2, 0.25) is 0 Å². The molecule has 5 heteroatoms. The maximum Gasteiger partial charge on any atom is 0.407 e. The van der Waals surface area contributed by atoms with Gasteiger partial charge in [-0.3, -0.25) is 4.79 Å². The minimum Gasteiger partial charge on any atom is -0.459 e. The van der Waals surface area contributed by atoms with Crippen molar-refractivity contribution in [2.45, 2.75) is 56.7 Å². The molecule has 5 nitrogen and oxygen atoms in total. The van der Waals surface area contributed by atoms with Gasteiger partial charge in [0.25, 0.3) is 0 Å². The van der Waals surface area contributed by atoms with E-state index in [9.17, 15) is 9.59 Å². The Kier molecular flexibility index (Phi) is 2.76. The fraction of sp³-hybridized carbons (Fsp3) is 0.857. The maximum absolute atomic E-state index is 11.6. The number of hydrogen-bond donors (Lipinski definition) is 1. The van der Waals surface area contributed by atoms with E-state index in [0.717, 1.165) is 25.7 Å². The first-order valence-corrected chi connectivity index (χ1v) is 7.05. The van der Waals surface area contributed by atoms with E-state index in [-0.39, 0.29) is 17.7 Å². The van der Waals surface area contributed by atoms with Crippen molar-refractivity contribution in [2.75, 3.05) is 7.05 Å². The van der Waals surface area contributed by atoms with Crippen LogP contribution in [0.5, 0.6) is 0 Å². The first-order valence-electron chi connectivity index (χ1n) is 7.05. The highest BCUT2D eigenvalue weighted by Gasteiger charge is 2.61. The van der Waals surface area contributed by atoms with Gasteiger partial charge >= 0.3 is 12.1 Å². The molecule has 19 heavy (non-hydrogen) atoms. The summed E-state index contributed by atoms with van der Waals surface area (Å²) in [6.45, 7) is 1.46. The van der Waals surface area contributed by atoms with Crippen molar-refractivity contribution in [3.63, 3.8) is 0 Å². The SMILES string of the molecule is CNC(=O)OC12CC3CC(CC(OC(C)=O)(C3)C1)C2. The molecule has 0 aromatic carbocycles. The number of ether oxygens (including phenoxy) is 2. The van der Waals surface area contributed by atoms with E-state index in [4.69, 9.17) is 9.47 Å². The molecule has 2 atom stereocenters. The minimum atomic E-state index is -0.417. The van der Waals surface area contributed by atoms with Crippen LogP contribution in [0.25, 0.3) is 0 Å². The highest BCUT2D eigenvalue weighted by Crippen LogP contribution is 2.60. The van der Waals surface area contributed by atoms with Crippen molar-refractivity contribution in [1.82, 2.24) is 5.32 Å². The molecule has 4 saturated carbocycles. The van der Waals surface area contributed by atoms with Crippen molar-refractivity contribution in [1.29, 1.82) is 0 Å². The van der Waals surface area contributed by atoms with E-state index in [1.807, 2.05) is 0 Å². The molecule has 0 aromatic heterocycles. The largest absolute Gasteiger partial charge is 0.459 e. The van der Waals surface area contributed by atoms with Crippen LogP contribution in [0.4, 0.5) is 4.79 Å². The molecule has 4 bridgehead atoms. The van der Waals surface area contributed by atoms with Crippen LogP contribution in [-0.2, 0) is 14.3 Å². The molecule has 1 N–H and O–H groups in total. The Labute approximate surface area is 113 Å². The topological polar surface area (TPSA) is 64.6 Å². The van der Waals surface area contributed by atoms with Gasteiger partial charge < -0.3 is 14.8 Å². The van der Waals surface area contributed by atoms with E-state index in [1.54, 1.807) is 7.05 Å². The van der Waals surface area contributed by atoms with Crippen LogP contribution in [0.3, 0.4) is 0 Å². The Morgan fingerprint density at radius 1 is 1.05 bits per heavy atom. The summed E-state index contributed by atoms with van der Waals surface area (Å²) < 4.78 is 11.3. The minimum absolute atomic E-state index is 0.225. The second-order valence-electron chi connectivity index (χ2n) is 6.56. The van der Waals surface area contributed by atoms with Gasteiger partial charge in [0, 0.05) is 20.4 Å². The summed E-state index contributed by atoms with van der Waals surface area (Å²) in [6, 6.07) is 0. The zero-order chi connectivity index (χ0) is 13.7. The van der Waals surface area contributed by atoms with Crippen LogP contribution in [0.2, 0.25) is 0 Å². The molecule has 0 aromatic rings. The standard InChI is InChI=1S/C14H21NO4/c1-9(16)18-13-4-10-3-11(5-13)7-14(6-10,8-13)19-12(17)15-2/h10-11H,3-8H2,1-2H3,(H,15,17). The third-order valence-electron chi connectivity index (χ3n) is 4.83. The Balaban J connectivity index is 1.84. The summed E-state index contributed by atoms with van der Waals surface area (Å²) in [4.78, 5) is 23.0. The molecule has 0 saturated heterocycles. The van der Waals surface area contributed by atoms with E-state index < -0.39 is 5.60 Å². The van der Waals surface area contributed by atoms with Crippen molar-refractivity contribution >= 4 is 12.1 Å². The van der Waals surface area contributed by atoms with Crippen molar-refractivity contribution < 1.29 is 19.1 Å². The second-order valence-corrected chi connectivity index (χ2v) is 6.56. The number of alkyl carbamates (subject to hydrolysis) is 1. The van der Waals surface area contributed by atoms with Gasteiger partial charge in [-0.1, -0.05) is 0 Å². The summed E-state index contributed by atoms with van der Waals surface area (Å²) in [5.74, 6) is 0.813. The van der Waals surface area contributed by atoms with E-state index >= 15 is 0 Å². The molecular formula is C14H21NO4. The first kappa shape index (κ1) is 12.8. The lowest BCUT2D eigenvalue weighted by atomic mass is 9.52. The number of rotatable bonds is 2. The Hall–Kier alpha value is -1.26. The van der Waals surface area contributed by atoms with Crippen LogP contribution >= 0.6 is 0 Å². The fourth-order valence-corrected chi connectivity index (χ4v) is 4.89. The second kappa shape index (κ2) is 4.12. The fourth-order valence-electron chi connectivity index (χ4n) is 4.89. The molecule has 0 spiro atoms. The summed E-state index contributed by atoms with van der Waals surface area (Å²) in [6.07, 6.45) is 5.17. The molecule has 4 aliphatic carbocycles.